The minimum atomic E-state index is -4.58. The average Bonchev–Trinajstić information content (AvgIpc) is 3.39. The Morgan fingerprint density at radius 3 is 1.08 bits per heavy atom. The number of aliphatic hydroxyl groups is 1. The number of amides is 1. The number of carbonyl (C=O) groups is 1. The van der Waals surface area contributed by atoms with Crippen LogP contribution in [0.25, 0.3) is 0 Å². The molecule has 458 valence electrons. The third kappa shape index (κ3) is 62.4. The Kier molecular flexibility index (Phi) is 58.8. The number of phosphoric ester groups is 1. The number of rotatable bonds is 64. The summed E-state index contributed by atoms with van der Waals surface area (Å²) >= 11 is 0. The normalized spacial score (nSPS) is 13.8. The van der Waals surface area contributed by atoms with E-state index in [1.54, 1.807) is 0 Å². The fraction of sp³-hybridized carbons (Fsp3) is 0.926. The minimum absolute atomic E-state index is 0.0150. The van der Waals surface area contributed by atoms with Gasteiger partial charge in [0.05, 0.1) is 39.9 Å². The molecule has 0 saturated carbocycles. The Labute approximate surface area is 481 Å². The van der Waals surface area contributed by atoms with Gasteiger partial charge >= 0.3 is 0 Å². The maximum Gasteiger partial charge on any atom is 0.268 e. The highest BCUT2D eigenvalue weighted by atomic mass is 31.2. The third-order valence-corrected chi connectivity index (χ3v) is 16.9. The summed E-state index contributed by atoms with van der Waals surface area (Å²) in [6, 6.07) is -0.799. The Morgan fingerprint density at radius 1 is 0.455 bits per heavy atom. The zero-order chi connectivity index (χ0) is 56.3. The zero-order valence-corrected chi connectivity index (χ0v) is 53.3. The van der Waals surface area contributed by atoms with Gasteiger partial charge in [-0.3, -0.25) is 9.36 Å². The molecule has 0 rings (SSSR count). The number of allylic oxidation sites excluding steroid dienone is 4. The van der Waals surface area contributed by atoms with Gasteiger partial charge in [-0.1, -0.05) is 327 Å². The van der Waals surface area contributed by atoms with E-state index in [4.69, 9.17) is 9.05 Å². The molecule has 0 aliphatic heterocycles. The lowest BCUT2D eigenvalue weighted by Crippen LogP contribution is -2.46. The van der Waals surface area contributed by atoms with Crippen molar-refractivity contribution in [2.45, 2.75) is 366 Å². The molecule has 0 aromatic carbocycles. The van der Waals surface area contributed by atoms with E-state index in [9.17, 15) is 19.4 Å². The van der Waals surface area contributed by atoms with Gasteiger partial charge in [0.25, 0.3) is 7.82 Å². The van der Waals surface area contributed by atoms with Crippen LogP contribution >= 0.6 is 7.82 Å². The lowest BCUT2D eigenvalue weighted by molar-refractivity contribution is -0.870. The molecule has 0 aromatic rings. The predicted octanol–water partition coefficient (Wildman–Crippen LogP) is 20.9. The van der Waals surface area contributed by atoms with Crippen molar-refractivity contribution in [1.82, 2.24) is 5.32 Å². The van der Waals surface area contributed by atoms with Crippen molar-refractivity contribution < 1.29 is 32.9 Å². The van der Waals surface area contributed by atoms with Crippen LogP contribution in [-0.4, -0.2) is 68.5 Å². The Balaban J connectivity index is 4.01. The van der Waals surface area contributed by atoms with Crippen LogP contribution in [0.3, 0.4) is 0 Å². The molecule has 0 spiro atoms. The maximum atomic E-state index is 13.0. The number of hydrogen-bond donors (Lipinski definition) is 2. The molecular formula is C68H135N2O6P. The highest BCUT2D eigenvalue weighted by Crippen LogP contribution is 2.38. The van der Waals surface area contributed by atoms with Crippen molar-refractivity contribution in [3.8, 4) is 0 Å². The van der Waals surface area contributed by atoms with E-state index in [1.807, 2.05) is 21.1 Å². The molecule has 0 aliphatic carbocycles. The average molecular weight is 1110 g/mol. The molecule has 1 amide bonds. The van der Waals surface area contributed by atoms with Crippen molar-refractivity contribution in [3.05, 3.63) is 24.3 Å². The fourth-order valence-corrected chi connectivity index (χ4v) is 11.3. The van der Waals surface area contributed by atoms with E-state index in [0.717, 1.165) is 44.9 Å². The number of aliphatic hydroxyl groups excluding tert-OH is 1. The Bertz CT molecular complexity index is 1300. The van der Waals surface area contributed by atoms with Crippen LogP contribution in [0.1, 0.15) is 354 Å². The summed E-state index contributed by atoms with van der Waals surface area (Å²) in [6.07, 6.45) is 76.7. The molecule has 9 heteroatoms. The van der Waals surface area contributed by atoms with Crippen LogP contribution in [0.5, 0.6) is 0 Å². The van der Waals surface area contributed by atoms with Gasteiger partial charge in [-0.05, 0) is 44.9 Å². The molecule has 3 unspecified atom stereocenters. The molecule has 0 aliphatic rings. The lowest BCUT2D eigenvalue weighted by atomic mass is 10.0. The highest BCUT2D eigenvalue weighted by molar-refractivity contribution is 7.45. The van der Waals surface area contributed by atoms with Crippen molar-refractivity contribution in [3.63, 3.8) is 0 Å². The van der Waals surface area contributed by atoms with Gasteiger partial charge in [0.15, 0.2) is 0 Å². The Hall–Kier alpha value is -1.02. The molecule has 77 heavy (non-hydrogen) atoms. The quantitative estimate of drug-likeness (QED) is 0.0272. The van der Waals surface area contributed by atoms with Crippen molar-refractivity contribution >= 4 is 13.7 Å². The highest BCUT2D eigenvalue weighted by Gasteiger charge is 2.24. The SMILES string of the molecule is CCCCCCC/C=C\C/C=C\CCCCCCCCCCCCCCCCCCCCCC(=O)NC(COP(=O)([O-])OCC[N+](C)(C)C)C(O)CCCCCCCCCCCCCCCCCCCCCCCCCC. The molecule has 0 radical (unpaired) electrons. The fourth-order valence-electron chi connectivity index (χ4n) is 10.6. The van der Waals surface area contributed by atoms with Crippen molar-refractivity contribution in [2.75, 3.05) is 40.9 Å². The van der Waals surface area contributed by atoms with Gasteiger partial charge in [0, 0.05) is 6.42 Å². The standard InChI is InChI=1S/C68H135N2O6P/c1-6-8-10-12-14-16-18-20-22-24-26-28-30-32-33-34-35-36-37-38-40-42-44-46-48-50-52-54-56-58-60-62-68(72)69-66(65-76-77(73,74)75-64-63-70(3,4)5)67(71)61-59-57-55-53-51-49-47-45-43-41-39-31-29-27-25-23-21-19-17-15-13-11-9-7-2/h18,20,24,26,66-67,71H,6-17,19,21-23,25,27-65H2,1-5H3,(H-,69,72,73,74)/b20-18-,26-24-. The second-order valence-electron chi connectivity index (χ2n) is 24.9. The van der Waals surface area contributed by atoms with Gasteiger partial charge in [-0.2, -0.15) is 0 Å². The van der Waals surface area contributed by atoms with Crippen LogP contribution in [-0.2, 0) is 18.4 Å². The molecule has 0 bridgehead atoms. The van der Waals surface area contributed by atoms with Gasteiger partial charge in [-0.25, -0.2) is 0 Å². The number of nitrogens with one attached hydrogen (secondary N) is 1. The van der Waals surface area contributed by atoms with E-state index in [2.05, 4.69) is 43.5 Å². The number of nitrogens with zero attached hydrogens (tertiary/aromatic N) is 1. The van der Waals surface area contributed by atoms with Crippen LogP contribution in [0.2, 0.25) is 0 Å². The summed E-state index contributed by atoms with van der Waals surface area (Å²) in [4.78, 5) is 25.6. The topological polar surface area (TPSA) is 108 Å². The predicted molar refractivity (Wildman–Crippen MR) is 335 cm³/mol. The summed E-state index contributed by atoms with van der Waals surface area (Å²) in [7, 11) is 1.32. The van der Waals surface area contributed by atoms with E-state index in [-0.39, 0.29) is 19.1 Å². The van der Waals surface area contributed by atoms with E-state index in [0.29, 0.717) is 23.9 Å². The number of likely N-dealkylation sites (N-methyl/N-ethyl adjacent to an activating group) is 1. The first-order chi connectivity index (χ1) is 37.5. The summed E-state index contributed by atoms with van der Waals surface area (Å²) < 4.78 is 23.5. The number of unbranched alkanes of at least 4 members (excludes halogenated alkanes) is 47. The Morgan fingerprint density at radius 2 is 0.753 bits per heavy atom. The van der Waals surface area contributed by atoms with Crippen LogP contribution in [0.4, 0.5) is 0 Å². The van der Waals surface area contributed by atoms with Crippen molar-refractivity contribution in [2.24, 2.45) is 0 Å². The first-order valence-corrected chi connectivity index (χ1v) is 35.6. The molecular weight excluding hydrogens is 972 g/mol. The molecule has 0 saturated heterocycles. The van der Waals surface area contributed by atoms with Crippen molar-refractivity contribution in [1.29, 1.82) is 0 Å². The van der Waals surface area contributed by atoms with E-state index < -0.39 is 20.0 Å². The second kappa shape index (κ2) is 59.6. The first kappa shape index (κ1) is 76.0. The number of carbonyl (C=O) groups excluding carboxylic acids is 1. The van der Waals surface area contributed by atoms with Gasteiger partial charge in [0.2, 0.25) is 5.91 Å². The van der Waals surface area contributed by atoms with Crippen LogP contribution in [0.15, 0.2) is 24.3 Å². The van der Waals surface area contributed by atoms with Crippen LogP contribution in [0, 0.1) is 0 Å². The molecule has 2 N–H and O–H groups in total. The summed E-state index contributed by atoms with van der Waals surface area (Å²) in [5, 5.41) is 14.1. The monoisotopic (exact) mass is 1110 g/mol. The smallest absolute Gasteiger partial charge is 0.268 e. The maximum absolute atomic E-state index is 13.0. The lowest BCUT2D eigenvalue weighted by Gasteiger charge is -2.30. The molecule has 8 nitrogen and oxygen atoms in total. The number of hydrogen-bond acceptors (Lipinski definition) is 6. The first-order valence-electron chi connectivity index (χ1n) is 34.2. The molecule has 0 fully saturated rings. The molecule has 0 aromatic heterocycles. The van der Waals surface area contributed by atoms with Gasteiger partial charge < -0.3 is 28.8 Å². The third-order valence-electron chi connectivity index (χ3n) is 15.9. The molecule has 3 atom stereocenters. The second-order valence-corrected chi connectivity index (χ2v) is 26.3. The van der Waals surface area contributed by atoms with E-state index >= 15 is 0 Å². The number of quaternary nitrogens is 1. The van der Waals surface area contributed by atoms with E-state index in [1.165, 1.54) is 283 Å². The molecule has 0 heterocycles. The zero-order valence-electron chi connectivity index (χ0n) is 52.4. The minimum Gasteiger partial charge on any atom is -0.756 e. The summed E-state index contributed by atoms with van der Waals surface area (Å²) in [5.74, 6) is -0.157. The van der Waals surface area contributed by atoms with Crippen LogP contribution < -0.4 is 10.2 Å². The number of phosphoric acid groups is 1. The summed E-state index contributed by atoms with van der Waals surface area (Å²) in [6.45, 7) is 4.77. The van der Waals surface area contributed by atoms with Gasteiger partial charge in [-0.15, -0.1) is 0 Å². The largest absolute Gasteiger partial charge is 0.756 e. The summed E-state index contributed by atoms with van der Waals surface area (Å²) in [5.41, 5.74) is 0. The van der Waals surface area contributed by atoms with Gasteiger partial charge in [0.1, 0.15) is 13.2 Å².